The van der Waals surface area contributed by atoms with Crippen molar-refractivity contribution in [3.8, 4) is 0 Å². The summed E-state index contributed by atoms with van der Waals surface area (Å²) in [4.78, 5) is 18.5. The lowest BCUT2D eigenvalue weighted by Crippen LogP contribution is -2.41. The van der Waals surface area contributed by atoms with Crippen molar-refractivity contribution in [3.63, 3.8) is 0 Å². The van der Waals surface area contributed by atoms with Crippen molar-refractivity contribution in [1.29, 1.82) is 0 Å². The van der Waals surface area contributed by atoms with Crippen LogP contribution in [0.4, 0.5) is 0 Å². The summed E-state index contributed by atoms with van der Waals surface area (Å²) in [6.45, 7) is 3.36. The SMILES string of the molecule is C=CC(=O)O.C=CC(=O)O.OC[C@@H](O)[C@H](O)[C@@H](O)CO.OC[C@@H](O)[C@H](O)[C@@H](O)CO. The second-order valence-corrected chi connectivity index (χ2v) is 5.07. The second kappa shape index (κ2) is 23.3. The van der Waals surface area contributed by atoms with Crippen LogP contribution in [0.1, 0.15) is 0 Å². The van der Waals surface area contributed by atoms with E-state index in [0.717, 1.165) is 12.2 Å². The topological polar surface area (TPSA) is 277 Å². The summed E-state index contributed by atoms with van der Waals surface area (Å²) in [7, 11) is 0. The van der Waals surface area contributed by atoms with Gasteiger partial charge in [-0.05, 0) is 0 Å². The summed E-state index contributed by atoms with van der Waals surface area (Å²) in [5.41, 5.74) is 0. The first kappa shape index (κ1) is 35.5. The van der Waals surface area contributed by atoms with Crippen molar-refractivity contribution in [2.24, 2.45) is 0 Å². The highest BCUT2D eigenvalue weighted by Crippen LogP contribution is 1.98. The second-order valence-electron chi connectivity index (χ2n) is 5.07. The zero-order valence-corrected chi connectivity index (χ0v) is 16.0. The number of aliphatic hydroxyl groups excluding tert-OH is 10. The molecule has 0 unspecified atom stereocenters. The molecule has 6 atom stereocenters. The largest absolute Gasteiger partial charge is 0.478 e. The van der Waals surface area contributed by atoms with Gasteiger partial charge in [0, 0.05) is 12.2 Å². The van der Waals surface area contributed by atoms with Gasteiger partial charge in [-0.25, -0.2) is 9.59 Å². The smallest absolute Gasteiger partial charge is 0.327 e. The van der Waals surface area contributed by atoms with Crippen LogP contribution in [-0.4, -0.2) is 136 Å². The van der Waals surface area contributed by atoms with Gasteiger partial charge in [0.1, 0.15) is 36.6 Å². The summed E-state index contributed by atoms with van der Waals surface area (Å²) in [6.07, 6.45) is -6.92. The molecule has 0 saturated heterocycles. The predicted molar refractivity (Wildman–Crippen MR) is 100 cm³/mol. The fraction of sp³-hybridized carbons (Fsp3) is 0.625. The molecule has 12 N–H and O–H groups in total. The molecule has 0 rings (SSSR count). The number of carboxylic acids is 2. The summed E-state index contributed by atoms with van der Waals surface area (Å²) in [5, 5.41) is 100. The maximum Gasteiger partial charge on any atom is 0.327 e. The Hall–Kier alpha value is -1.98. The van der Waals surface area contributed by atoms with Gasteiger partial charge in [-0.1, -0.05) is 13.2 Å². The molecule has 0 saturated carbocycles. The Morgan fingerprint density at radius 3 is 0.767 bits per heavy atom. The first-order valence-corrected chi connectivity index (χ1v) is 8.03. The van der Waals surface area contributed by atoms with Gasteiger partial charge in [-0.2, -0.15) is 0 Å². The number of carboxylic acid groups (broad SMARTS) is 2. The van der Waals surface area contributed by atoms with Crippen LogP contribution < -0.4 is 0 Å². The highest BCUT2D eigenvalue weighted by molar-refractivity contribution is 5.79. The van der Waals surface area contributed by atoms with E-state index in [1.54, 1.807) is 0 Å². The monoisotopic (exact) mass is 448 g/mol. The molecule has 0 aliphatic carbocycles. The average Bonchev–Trinajstić information content (AvgIpc) is 2.76. The summed E-state index contributed by atoms with van der Waals surface area (Å²) >= 11 is 0. The van der Waals surface area contributed by atoms with E-state index in [1.165, 1.54) is 0 Å². The normalized spacial score (nSPS) is 15.5. The fourth-order valence-corrected chi connectivity index (χ4v) is 0.945. The molecule has 0 aromatic carbocycles. The van der Waals surface area contributed by atoms with Gasteiger partial charge < -0.3 is 61.3 Å². The lowest BCUT2D eigenvalue weighted by atomic mass is 10.1. The molecular weight excluding hydrogens is 416 g/mol. The Morgan fingerprint density at radius 1 is 0.567 bits per heavy atom. The van der Waals surface area contributed by atoms with E-state index < -0.39 is 75.0 Å². The van der Waals surface area contributed by atoms with E-state index in [-0.39, 0.29) is 0 Å². The molecule has 14 nitrogen and oxygen atoms in total. The van der Waals surface area contributed by atoms with Gasteiger partial charge in [-0.3, -0.25) is 0 Å². The van der Waals surface area contributed by atoms with Crippen LogP contribution in [0.2, 0.25) is 0 Å². The van der Waals surface area contributed by atoms with Crippen molar-refractivity contribution in [2.75, 3.05) is 26.4 Å². The van der Waals surface area contributed by atoms with E-state index in [1.807, 2.05) is 0 Å². The standard InChI is InChI=1S/2C5H12O5.2C3H4O2/c2*6-1-3(8)5(10)4(9)2-7;2*1-2-3(4)5/h2*3-10H,1-2H2;2*2H,1H2,(H,4,5)/t2*3-,4+,5+;;. The molecule has 0 amide bonds. The number of carbonyl (C=O) groups is 2. The lowest BCUT2D eigenvalue weighted by molar-refractivity contribution is -0.132. The van der Waals surface area contributed by atoms with Crippen LogP contribution in [0.15, 0.2) is 25.3 Å². The molecule has 180 valence electrons. The third-order valence-electron chi connectivity index (χ3n) is 2.67. The minimum absolute atomic E-state index is 0.641. The molecule has 0 spiro atoms. The van der Waals surface area contributed by atoms with Gasteiger partial charge in [0.05, 0.1) is 26.4 Å². The average molecular weight is 448 g/mol. The Kier molecular flexibility index (Phi) is 27.5. The zero-order valence-electron chi connectivity index (χ0n) is 16.0. The zero-order chi connectivity index (χ0) is 24.9. The molecule has 14 heteroatoms. The van der Waals surface area contributed by atoms with E-state index in [4.69, 9.17) is 61.3 Å². The molecule has 0 aliphatic rings. The van der Waals surface area contributed by atoms with E-state index in [9.17, 15) is 9.59 Å². The van der Waals surface area contributed by atoms with Gasteiger partial charge >= 0.3 is 11.9 Å². The number of rotatable bonds is 10. The number of hydrogen-bond acceptors (Lipinski definition) is 12. The minimum atomic E-state index is -1.49. The van der Waals surface area contributed by atoms with Gasteiger partial charge in [0.25, 0.3) is 0 Å². The first-order chi connectivity index (χ1) is 13.8. The molecule has 0 radical (unpaired) electrons. The summed E-state index contributed by atoms with van der Waals surface area (Å²) in [5.74, 6) is -1.96. The number of hydrogen-bond donors (Lipinski definition) is 12. The maximum absolute atomic E-state index is 9.25. The third kappa shape index (κ3) is 24.1. The molecule has 30 heavy (non-hydrogen) atoms. The van der Waals surface area contributed by atoms with Crippen LogP contribution in [0.25, 0.3) is 0 Å². The highest BCUT2D eigenvalue weighted by Gasteiger charge is 2.23. The Labute approximate surface area is 172 Å². The first-order valence-electron chi connectivity index (χ1n) is 8.03. The van der Waals surface area contributed by atoms with Crippen molar-refractivity contribution >= 4 is 11.9 Å². The molecule has 0 aromatic rings. The third-order valence-corrected chi connectivity index (χ3v) is 2.67. The van der Waals surface area contributed by atoms with E-state index >= 15 is 0 Å². The molecule has 0 aromatic heterocycles. The maximum atomic E-state index is 9.25. The van der Waals surface area contributed by atoms with Crippen LogP contribution in [0.3, 0.4) is 0 Å². The Morgan fingerprint density at radius 2 is 0.700 bits per heavy atom. The van der Waals surface area contributed by atoms with Gasteiger partial charge in [0.2, 0.25) is 0 Å². The molecular formula is C16H32O14. The number of aliphatic hydroxyl groups is 10. The minimum Gasteiger partial charge on any atom is -0.478 e. The summed E-state index contributed by atoms with van der Waals surface area (Å²) in [6, 6.07) is 0. The molecule has 0 heterocycles. The van der Waals surface area contributed by atoms with Crippen molar-refractivity contribution in [1.82, 2.24) is 0 Å². The lowest BCUT2D eigenvalue weighted by Gasteiger charge is -2.19. The quantitative estimate of drug-likeness (QED) is 0.139. The highest BCUT2D eigenvalue weighted by atomic mass is 16.4. The number of aliphatic carboxylic acids is 2. The van der Waals surface area contributed by atoms with Crippen molar-refractivity contribution in [3.05, 3.63) is 25.3 Å². The molecule has 0 bridgehead atoms. The van der Waals surface area contributed by atoms with Gasteiger partial charge in [-0.15, -0.1) is 0 Å². The Balaban J connectivity index is -0.000000159. The van der Waals surface area contributed by atoms with Gasteiger partial charge in [0.15, 0.2) is 0 Å². The predicted octanol–water partition coefficient (Wildman–Crippen LogP) is -5.38. The fourth-order valence-electron chi connectivity index (χ4n) is 0.945. The van der Waals surface area contributed by atoms with E-state index in [0.29, 0.717) is 0 Å². The van der Waals surface area contributed by atoms with E-state index in [2.05, 4.69) is 13.2 Å². The molecule has 0 fully saturated rings. The van der Waals surface area contributed by atoms with Crippen LogP contribution in [-0.2, 0) is 9.59 Å². The van der Waals surface area contributed by atoms with Crippen molar-refractivity contribution in [2.45, 2.75) is 36.6 Å². The summed E-state index contributed by atoms with van der Waals surface area (Å²) < 4.78 is 0. The van der Waals surface area contributed by atoms with Crippen molar-refractivity contribution < 1.29 is 70.9 Å². The molecule has 0 aliphatic heterocycles. The van der Waals surface area contributed by atoms with Crippen LogP contribution in [0, 0.1) is 0 Å². The Bertz CT molecular complexity index is 384. The van der Waals surface area contributed by atoms with Crippen LogP contribution in [0.5, 0.6) is 0 Å². The van der Waals surface area contributed by atoms with Crippen LogP contribution >= 0.6 is 0 Å².